The largest absolute Gasteiger partial charge is 0.494 e. The van der Waals surface area contributed by atoms with E-state index >= 15 is 0 Å². The highest BCUT2D eigenvalue weighted by Gasteiger charge is 2.42. The van der Waals surface area contributed by atoms with Crippen molar-refractivity contribution in [2.45, 2.75) is 39.7 Å². The molecule has 0 spiro atoms. The van der Waals surface area contributed by atoms with Crippen molar-refractivity contribution in [1.29, 1.82) is 0 Å². The van der Waals surface area contributed by atoms with Gasteiger partial charge in [-0.2, -0.15) is 0 Å². The van der Waals surface area contributed by atoms with E-state index < -0.39 is 0 Å². The van der Waals surface area contributed by atoms with Crippen molar-refractivity contribution in [3.05, 3.63) is 70.4 Å². The molecule has 4 rings (SSSR count). The summed E-state index contributed by atoms with van der Waals surface area (Å²) in [5.74, 6) is 0.715. The molecule has 2 aromatic carbocycles. The van der Waals surface area contributed by atoms with Crippen LogP contribution in [0.5, 0.6) is 5.75 Å². The Hall–Kier alpha value is -2.79. The lowest BCUT2D eigenvalue weighted by molar-refractivity contribution is -0.138. The number of halogens is 1. The van der Waals surface area contributed by atoms with Gasteiger partial charge < -0.3 is 9.64 Å². The van der Waals surface area contributed by atoms with Crippen LogP contribution in [-0.4, -0.2) is 41.3 Å². The fraction of sp³-hybridized carbons (Fsp3) is 0.385. The summed E-state index contributed by atoms with van der Waals surface area (Å²) in [6.07, 6.45) is 3.07. The summed E-state index contributed by atoms with van der Waals surface area (Å²) in [7, 11) is 0. The van der Waals surface area contributed by atoms with Crippen LogP contribution in [0.3, 0.4) is 0 Å². The van der Waals surface area contributed by atoms with Gasteiger partial charge in [0.25, 0.3) is 11.8 Å². The quantitative estimate of drug-likeness (QED) is 0.546. The fourth-order valence-electron chi connectivity index (χ4n) is 4.39. The summed E-state index contributed by atoms with van der Waals surface area (Å²) in [6, 6.07) is 14.8. The molecule has 0 saturated carbocycles. The van der Waals surface area contributed by atoms with Crippen molar-refractivity contribution < 1.29 is 14.3 Å². The molecule has 32 heavy (non-hydrogen) atoms. The first kappa shape index (κ1) is 22.4. The molecule has 2 amide bonds. The first-order chi connectivity index (χ1) is 15.5. The maximum Gasteiger partial charge on any atom is 0.278 e. The van der Waals surface area contributed by atoms with Crippen LogP contribution in [0.2, 0.25) is 5.02 Å². The molecule has 2 aliphatic heterocycles. The molecule has 0 N–H and O–H groups in total. The van der Waals surface area contributed by atoms with E-state index in [0.717, 1.165) is 49.2 Å². The highest BCUT2D eigenvalue weighted by molar-refractivity contribution is 6.35. The SMILES string of the molecule is CCCOc1ccc(C2=C(N3CCCC(C)C3)C(=O)N(Cc3ccccc3Cl)C2=O)cc1. The number of ether oxygens (including phenoxy) is 1. The molecule has 1 atom stereocenters. The van der Waals surface area contributed by atoms with Gasteiger partial charge in [0.1, 0.15) is 11.4 Å². The third-order valence-corrected chi connectivity index (χ3v) is 6.39. The van der Waals surface area contributed by atoms with Gasteiger partial charge in [0.05, 0.1) is 18.7 Å². The van der Waals surface area contributed by atoms with Gasteiger partial charge in [0.2, 0.25) is 0 Å². The Bertz CT molecular complexity index is 1030. The van der Waals surface area contributed by atoms with Crippen molar-refractivity contribution >= 4 is 29.0 Å². The summed E-state index contributed by atoms with van der Waals surface area (Å²) < 4.78 is 5.69. The molecule has 2 aliphatic rings. The predicted molar refractivity (Wildman–Crippen MR) is 126 cm³/mol. The number of hydrogen-bond acceptors (Lipinski definition) is 4. The van der Waals surface area contributed by atoms with E-state index in [2.05, 4.69) is 18.7 Å². The minimum absolute atomic E-state index is 0.158. The van der Waals surface area contributed by atoms with Crippen LogP contribution >= 0.6 is 11.6 Å². The number of carbonyl (C=O) groups is 2. The third kappa shape index (κ3) is 4.53. The van der Waals surface area contributed by atoms with Crippen LogP contribution in [0.1, 0.15) is 44.2 Å². The van der Waals surface area contributed by atoms with Gasteiger partial charge >= 0.3 is 0 Å². The van der Waals surface area contributed by atoms with Gasteiger partial charge in [0, 0.05) is 18.1 Å². The normalized spacial score (nSPS) is 19.2. The maximum absolute atomic E-state index is 13.6. The van der Waals surface area contributed by atoms with E-state index in [1.54, 1.807) is 6.07 Å². The Morgan fingerprint density at radius 3 is 2.50 bits per heavy atom. The molecule has 0 radical (unpaired) electrons. The predicted octanol–water partition coefficient (Wildman–Crippen LogP) is 5.14. The second-order valence-electron chi connectivity index (χ2n) is 8.58. The Labute approximate surface area is 194 Å². The maximum atomic E-state index is 13.6. The number of hydrogen-bond donors (Lipinski definition) is 0. The van der Waals surface area contributed by atoms with Crippen LogP contribution < -0.4 is 4.74 Å². The first-order valence-electron chi connectivity index (χ1n) is 11.3. The molecule has 1 saturated heterocycles. The smallest absolute Gasteiger partial charge is 0.278 e. The Morgan fingerprint density at radius 1 is 1.06 bits per heavy atom. The van der Waals surface area contributed by atoms with E-state index in [0.29, 0.717) is 28.8 Å². The lowest BCUT2D eigenvalue weighted by Gasteiger charge is -2.33. The summed E-state index contributed by atoms with van der Waals surface area (Å²) >= 11 is 6.33. The van der Waals surface area contributed by atoms with Gasteiger partial charge in [-0.25, -0.2) is 0 Å². The number of piperidine rings is 1. The highest BCUT2D eigenvalue weighted by atomic mass is 35.5. The average molecular weight is 453 g/mol. The van der Waals surface area contributed by atoms with Gasteiger partial charge in [-0.1, -0.05) is 55.8 Å². The van der Waals surface area contributed by atoms with Crippen LogP contribution in [0.15, 0.2) is 54.2 Å². The van der Waals surface area contributed by atoms with Crippen molar-refractivity contribution in [3.8, 4) is 5.75 Å². The van der Waals surface area contributed by atoms with E-state index in [4.69, 9.17) is 16.3 Å². The fourth-order valence-corrected chi connectivity index (χ4v) is 4.58. The summed E-state index contributed by atoms with van der Waals surface area (Å²) in [5.41, 5.74) is 2.47. The number of benzene rings is 2. The third-order valence-electron chi connectivity index (χ3n) is 6.02. The number of likely N-dealkylation sites (tertiary alicyclic amines) is 1. The van der Waals surface area contributed by atoms with E-state index in [1.165, 1.54) is 4.90 Å². The van der Waals surface area contributed by atoms with Gasteiger partial charge in [0.15, 0.2) is 0 Å². The van der Waals surface area contributed by atoms with Gasteiger partial charge in [-0.05, 0) is 54.5 Å². The van der Waals surface area contributed by atoms with E-state index in [-0.39, 0.29) is 18.4 Å². The number of amides is 2. The first-order valence-corrected chi connectivity index (χ1v) is 11.7. The number of imide groups is 1. The second kappa shape index (κ2) is 9.78. The molecule has 5 nitrogen and oxygen atoms in total. The lowest BCUT2D eigenvalue weighted by Crippen LogP contribution is -2.39. The zero-order valence-corrected chi connectivity index (χ0v) is 19.4. The molecule has 2 heterocycles. The summed E-state index contributed by atoms with van der Waals surface area (Å²) in [4.78, 5) is 30.6. The minimum Gasteiger partial charge on any atom is -0.494 e. The van der Waals surface area contributed by atoms with Gasteiger partial charge in [-0.15, -0.1) is 0 Å². The molecule has 6 heteroatoms. The molecule has 0 aromatic heterocycles. The van der Waals surface area contributed by atoms with Crippen LogP contribution in [0, 0.1) is 5.92 Å². The number of nitrogens with zero attached hydrogens (tertiary/aromatic N) is 2. The molecule has 2 aromatic rings. The molecule has 0 bridgehead atoms. The zero-order chi connectivity index (χ0) is 22.7. The van der Waals surface area contributed by atoms with Crippen molar-refractivity contribution in [2.75, 3.05) is 19.7 Å². The zero-order valence-electron chi connectivity index (χ0n) is 18.6. The summed E-state index contributed by atoms with van der Waals surface area (Å²) in [5, 5.41) is 0.548. The van der Waals surface area contributed by atoms with Gasteiger partial charge in [-0.3, -0.25) is 14.5 Å². The Balaban J connectivity index is 1.70. The molecule has 1 unspecified atom stereocenters. The second-order valence-corrected chi connectivity index (χ2v) is 8.98. The Kier molecular flexibility index (Phi) is 6.85. The standard InChI is InChI=1S/C26H29ClN2O3/c1-3-15-32-21-12-10-19(11-13-21)23-24(28-14-6-7-18(2)16-28)26(31)29(25(23)30)17-20-8-4-5-9-22(20)27/h4-5,8-13,18H,3,6-7,14-17H2,1-2H3. The number of carbonyl (C=O) groups excluding carboxylic acids is 2. The monoisotopic (exact) mass is 452 g/mol. The van der Waals surface area contributed by atoms with Crippen LogP contribution in [-0.2, 0) is 16.1 Å². The van der Waals surface area contributed by atoms with Crippen molar-refractivity contribution in [3.63, 3.8) is 0 Å². The van der Waals surface area contributed by atoms with Crippen molar-refractivity contribution in [2.24, 2.45) is 5.92 Å². The molecule has 1 fully saturated rings. The molecular formula is C26H29ClN2O3. The lowest BCUT2D eigenvalue weighted by atomic mass is 9.97. The highest BCUT2D eigenvalue weighted by Crippen LogP contribution is 2.35. The van der Waals surface area contributed by atoms with Crippen LogP contribution in [0.25, 0.3) is 5.57 Å². The average Bonchev–Trinajstić information content (AvgIpc) is 3.04. The number of rotatable bonds is 7. The van der Waals surface area contributed by atoms with E-state index in [1.807, 2.05) is 42.5 Å². The molecular weight excluding hydrogens is 424 g/mol. The minimum atomic E-state index is -0.273. The van der Waals surface area contributed by atoms with Crippen LogP contribution in [0.4, 0.5) is 0 Å². The van der Waals surface area contributed by atoms with Crippen molar-refractivity contribution in [1.82, 2.24) is 9.80 Å². The topological polar surface area (TPSA) is 49.9 Å². The van der Waals surface area contributed by atoms with E-state index in [9.17, 15) is 9.59 Å². The molecule has 168 valence electrons. The molecule has 0 aliphatic carbocycles. The summed E-state index contributed by atoms with van der Waals surface area (Å²) in [6.45, 7) is 6.60. The Morgan fingerprint density at radius 2 is 1.81 bits per heavy atom.